The van der Waals surface area contributed by atoms with Crippen molar-refractivity contribution in [1.82, 2.24) is 0 Å². The highest BCUT2D eigenvalue weighted by atomic mass is 19.4. The first-order valence-corrected chi connectivity index (χ1v) is 22.0. The molecule has 7 rings (SSSR count). The molecule has 29 heteroatoms. The molecule has 4 nitrogen and oxygen atoms in total. The summed E-state index contributed by atoms with van der Waals surface area (Å²) >= 11 is 0. The number of hydrogen-bond acceptors (Lipinski definition) is 2. The SMILES string of the molecule is FC(F)(F)c1cc([B-](c2cc(C(F)(F)F)cc(C(F)(F)F)c2)(c2cc(C(F)(F)F)cc(C(F)(F)F)c2)c2cc(C(F)(F)F)cc(C(F)(F)F)c2)cc(C(F)(F)F)c1.O=C(O)Cc1ccc2ccccc2[n+]1CC(=O)c1ccccc1. The number of hydrogen-bond donors (Lipinski definition) is 1. The summed E-state index contributed by atoms with van der Waals surface area (Å²) in [7, 11) is 0. The number of aliphatic carboxylic acids is 1. The third-order valence-electron chi connectivity index (χ3n) is 12.2. The predicted molar refractivity (Wildman–Crippen MR) is 236 cm³/mol. The summed E-state index contributed by atoms with van der Waals surface area (Å²) in [5, 5.41) is 10.1. The van der Waals surface area contributed by atoms with Gasteiger partial charge in [-0.1, -0.05) is 91.0 Å². The van der Waals surface area contributed by atoms with Crippen molar-refractivity contribution in [2.24, 2.45) is 0 Å². The molecule has 0 unspecified atom stereocenters. The van der Waals surface area contributed by atoms with Crippen LogP contribution in [0.2, 0.25) is 0 Å². The molecule has 0 amide bonds. The van der Waals surface area contributed by atoms with E-state index in [9.17, 15) is 115 Å². The molecule has 0 saturated heterocycles. The van der Waals surface area contributed by atoms with Gasteiger partial charge in [-0.2, -0.15) is 132 Å². The number of para-hydroxylation sites is 1. The zero-order valence-electron chi connectivity index (χ0n) is 39.1. The van der Waals surface area contributed by atoms with E-state index in [1.165, 1.54) is 0 Å². The number of rotatable bonds is 9. The molecule has 0 aliphatic heterocycles. The van der Waals surface area contributed by atoms with Crippen molar-refractivity contribution >= 4 is 50.7 Å². The Kier molecular flexibility index (Phi) is 16.4. The molecule has 7 aromatic rings. The lowest BCUT2D eigenvalue weighted by molar-refractivity contribution is -0.664. The van der Waals surface area contributed by atoms with Gasteiger partial charge in [-0.05, 0) is 36.4 Å². The van der Waals surface area contributed by atoms with Gasteiger partial charge in [0.2, 0.25) is 17.8 Å². The zero-order chi connectivity index (χ0) is 60.1. The molecule has 80 heavy (non-hydrogen) atoms. The number of Topliss-reactive ketones (excluding diaryl/α,β-unsaturated/α-hetero) is 1. The maximum atomic E-state index is 14.2. The van der Waals surface area contributed by atoms with Crippen LogP contribution in [0, 0.1) is 0 Å². The molecule has 0 aliphatic rings. The van der Waals surface area contributed by atoms with Crippen LogP contribution in [0.4, 0.5) is 105 Å². The van der Waals surface area contributed by atoms with Crippen LogP contribution in [0.1, 0.15) is 60.6 Å². The molecule has 0 fully saturated rings. The fourth-order valence-electron chi connectivity index (χ4n) is 8.73. The van der Waals surface area contributed by atoms with E-state index in [0.717, 1.165) is 10.9 Å². The zero-order valence-corrected chi connectivity index (χ0v) is 39.1. The summed E-state index contributed by atoms with van der Waals surface area (Å²) in [6, 6.07) is 11.5. The lowest BCUT2D eigenvalue weighted by atomic mass is 9.12. The highest BCUT2D eigenvalue weighted by Gasteiger charge is 2.47. The number of pyridine rings is 1. The van der Waals surface area contributed by atoms with Gasteiger partial charge in [0.05, 0.1) is 44.5 Å². The first kappa shape index (κ1) is 61.5. The number of halogens is 24. The van der Waals surface area contributed by atoms with E-state index in [2.05, 4.69) is 0 Å². The van der Waals surface area contributed by atoms with Crippen molar-refractivity contribution in [3.05, 3.63) is 195 Å². The molecule has 0 saturated carbocycles. The Balaban J connectivity index is 0.000000370. The van der Waals surface area contributed by atoms with Crippen LogP contribution in [-0.2, 0) is 67.2 Å². The molecule has 1 aromatic heterocycles. The number of alkyl halides is 24. The molecular formula is C51H28BF24NO3. The molecule has 426 valence electrons. The highest BCUT2D eigenvalue weighted by molar-refractivity contribution is 7.20. The summed E-state index contributed by atoms with van der Waals surface area (Å²) in [5.41, 5.74) is -28.1. The fourth-order valence-corrected chi connectivity index (χ4v) is 8.73. The third kappa shape index (κ3) is 13.8. The van der Waals surface area contributed by atoms with Crippen molar-refractivity contribution in [2.45, 2.75) is 62.4 Å². The first-order chi connectivity index (χ1) is 36.4. The molecule has 0 radical (unpaired) electrons. The summed E-state index contributed by atoms with van der Waals surface area (Å²) in [6.07, 6.45) is -54.9. The van der Waals surface area contributed by atoms with Crippen LogP contribution in [0.15, 0.2) is 140 Å². The number of ketones is 1. The number of benzene rings is 6. The van der Waals surface area contributed by atoms with Crippen LogP contribution < -0.4 is 26.4 Å². The lowest BCUT2D eigenvalue weighted by Crippen LogP contribution is -2.75. The third-order valence-corrected chi connectivity index (χ3v) is 12.2. The van der Waals surface area contributed by atoms with Gasteiger partial charge in [0.15, 0.2) is 5.69 Å². The van der Waals surface area contributed by atoms with Gasteiger partial charge in [-0.25, -0.2) is 0 Å². The number of carbonyl (C=O) groups excluding carboxylic acids is 1. The van der Waals surface area contributed by atoms with E-state index in [1.54, 1.807) is 22.8 Å². The Bertz CT molecular complexity index is 3000. The van der Waals surface area contributed by atoms with E-state index in [-0.39, 0.29) is 18.7 Å². The molecule has 0 spiro atoms. The second-order valence-electron chi connectivity index (χ2n) is 17.6. The Morgan fingerprint density at radius 2 is 0.637 bits per heavy atom. The minimum Gasteiger partial charge on any atom is -0.481 e. The van der Waals surface area contributed by atoms with Gasteiger partial charge < -0.3 is 5.11 Å². The molecule has 0 aliphatic carbocycles. The van der Waals surface area contributed by atoms with Crippen molar-refractivity contribution in [3.8, 4) is 0 Å². The molecule has 6 aromatic carbocycles. The van der Waals surface area contributed by atoms with Gasteiger partial charge in [0.25, 0.3) is 0 Å². The summed E-state index contributed by atoms with van der Waals surface area (Å²) in [6.45, 7) is 0.119. The Hall–Kier alpha value is -7.75. The number of aromatic nitrogens is 1. The first-order valence-electron chi connectivity index (χ1n) is 22.0. The minimum atomic E-state index is -6.13. The van der Waals surface area contributed by atoms with Crippen LogP contribution in [0.3, 0.4) is 0 Å². The predicted octanol–water partition coefficient (Wildman–Crippen LogP) is 13.9. The lowest BCUT2D eigenvalue weighted by Gasteiger charge is -2.46. The van der Waals surface area contributed by atoms with Crippen LogP contribution in [-0.4, -0.2) is 23.0 Å². The van der Waals surface area contributed by atoms with E-state index >= 15 is 0 Å². The minimum absolute atomic E-state index is 0.0430. The summed E-state index contributed by atoms with van der Waals surface area (Å²) in [5.74, 6) is -0.959. The van der Waals surface area contributed by atoms with Crippen molar-refractivity contribution < 1.29 is 125 Å². The van der Waals surface area contributed by atoms with E-state index in [0.29, 0.717) is 11.3 Å². The Morgan fingerprint density at radius 1 is 0.362 bits per heavy atom. The molecule has 0 bridgehead atoms. The Morgan fingerprint density at radius 3 is 0.912 bits per heavy atom. The largest absolute Gasteiger partial charge is 0.481 e. The molecular weight excluding hydrogens is 1140 g/mol. The monoisotopic (exact) mass is 1170 g/mol. The van der Waals surface area contributed by atoms with Crippen LogP contribution in [0.25, 0.3) is 10.9 Å². The fraction of sp³-hybridized carbons (Fsp3) is 0.196. The summed E-state index contributed by atoms with van der Waals surface area (Å²) in [4.78, 5) is 23.6. The molecule has 1 heterocycles. The van der Waals surface area contributed by atoms with Crippen molar-refractivity contribution in [2.75, 3.05) is 0 Å². The molecule has 0 atom stereocenters. The average Bonchev–Trinajstić information content (AvgIpc) is 3.33. The van der Waals surface area contributed by atoms with Crippen molar-refractivity contribution in [3.63, 3.8) is 0 Å². The molecule has 1 N–H and O–H groups in total. The summed E-state index contributed by atoms with van der Waals surface area (Å²) < 4.78 is 343. The maximum absolute atomic E-state index is 14.2. The topological polar surface area (TPSA) is 58.2 Å². The second kappa shape index (κ2) is 21.4. The van der Waals surface area contributed by atoms with E-state index in [4.69, 9.17) is 5.11 Å². The smallest absolute Gasteiger partial charge is 0.416 e. The second-order valence-corrected chi connectivity index (χ2v) is 17.6. The highest BCUT2D eigenvalue weighted by Crippen LogP contribution is 2.41. The maximum Gasteiger partial charge on any atom is 0.416 e. The van der Waals surface area contributed by atoms with Crippen LogP contribution in [0.5, 0.6) is 0 Å². The van der Waals surface area contributed by atoms with Crippen LogP contribution >= 0.6 is 0 Å². The van der Waals surface area contributed by atoms with Crippen molar-refractivity contribution in [1.29, 1.82) is 0 Å². The van der Waals surface area contributed by atoms with Gasteiger partial charge in [-0.3, -0.25) is 9.59 Å². The Labute approximate surface area is 432 Å². The standard InChI is InChI=1S/C32H12BF24.C19H15NO3/c34-25(35,36)13-1-14(26(37,38)39)6-21(5-13)33(22-7-15(27(40,41)42)2-16(8-22)28(43,44)45,23-9-17(29(46,47)48)3-18(10-23)30(49,50)51)24-11-19(31(52,53)54)4-20(12-24)32(55,56)57;21-18(15-7-2-1-3-8-15)13-20-16(12-19(22)23)11-10-14-6-4-5-9-17(14)20/h1-12H;1-11H,12-13H2/q-1;/p+1. The van der Waals surface area contributed by atoms with Gasteiger partial charge in [0.1, 0.15) is 12.6 Å². The van der Waals surface area contributed by atoms with Gasteiger partial charge in [-0.15, -0.1) is 0 Å². The number of carbonyl (C=O) groups is 2. The quantitative estimate of drug-likeness (QED) is 0.0678. The number of fused-ring (bicyclic) bond motifs is 1. The number of nitrogens with zero attached hydrogens (tertiary/aromatic N) is 1. The van der Waals surface area contributed by atoms with E-state index < -0.39 is 201 Å². The van der Waals surface area contributed by atoms with Gasteiger partial charge >= 0.3 is 55.4 Å². The normalized spacial score (nSPS) is 13.2. The van der Waals surface area contributed by atoms with E-state index in [1.807, 2.05) is 48.5 Å². The average molecular weight is 1170 g/mol. The van der Waals surface area contributed by atoms with Gasteiger partial charge in [0, 0.05) is 23.1 Å². The number of carboxylic acids is 1. The number of carboxylic acid groups (broad SMARTS) is 1.